The number of hydrogen-bond acceptors (Lipinski definition) is 3. The molecule has 1 atom stereocenters. The number of allylic oxidation sites excluding steroid dienone is 1. The van der Waals surface area contributed by atoms with Gasteiger partial charge in [0.05, 0.1) is 10.2 Å². The van der Waals surface area contributed by atoms with E-state index in [2.05, 4.69) is 30.9 Å². The molecule has 2 rings (SSSR count). The van der Waals surface area contributed by atoms with Gasteiger partial charge in [0.1, 0.15) is 12.3 Å². The summed E-state index contributed by atoms with van der Waals surface area (Å²) in [7, 11) is 0. The molecule has 1 amide bonds. The molecular formula is C7H4BrN3O. The van der Waals surface area contributed by atoms with Crippen LogP contribution in [0.5, 0.6) is 0 Å². The van der Waals surface area contributed by atoms with Crippen molar-refractivity contribution in [2.75, 3.05) is 0 Å². The molecule has 60 valence electrons. The molecule has 12 heavy (non-hydrogen) atoms. The summed E-state index contributed by atoms with van der Waals surface area (Å²) in [5, 5.41) is 0. The predicted octanol–water partition coefficient (Wildman–Crippen LogP) is 0.933. The van der Waals surface area contributed by atoms with Crippen molar-refractivity contribution in [3.63, 3.8) is 0 Å². The molecule has 2 aliphatic rings. The van der Waals surface area contributed by atoms with Crippen LogP contribution in [0.4, 0.5) is 0 Å². The van der Waals surface area contributed by atoms with Gasteiger partial charge in [-0.25, -0.2) is 9.98 Å². The molecule has 1 unspecified atom stereocenters. The molecule has 4 nitrogen and oxygen atoms in total. The number of rotatable bonds is 0. The minimum absolute atomic E-state index is 0.214. The van der Waals surface area contributed by atoms with Gasteiger partial charge >= 0.3 is 0 Å². The molecule has 2 heterocycles. The number of halogens is 1. The van der Waals surface area contributed by atoms with Crippen molar-refractivity contribution in [1.82, 2.24) is 0 Å². The maximum absolute atomic E-state index is 11.2. The van der Waals surface area contributed by atoms with Gasteiger partial charge in [0.25, 0.3) is 5.91 Å². The van der Waals surface area contributed by atoms with Gasteiger partial charge < -0.3 is 0 Å². The third kappa shape index (κ3) is 1.06. The van der Waals surface area contributed by atoms with Crippen LogP contribution in [-0.4, -0.2) is 24.2 Å². The topological polar surface area (TPSA) is 54.1 Å². The van der Waals surface area contributed by atoms with Crippen LogP contribution < -0.4 is 0 Å². The highest BCUT2D eigenvalue weighted by Crippen LogP contribution is 2.20. The van der Waals surface area contributed by atoms with E-state index in [9.17, 15) is 4.79 Å². The lowest BCUT2D eigenvalue weighted by Crippen LogP contribution is -2.28. The number of carbonyl (C=O) groups is 1. The van der Waals surface area contributed by atoms with E-state index in [1.807, 2.05) is 0 Å². The molecular weight excluding hydrogens is 222 g/mol. The van der Waals surface area contributed by atoms with Crippen LogP contribution >= 0.6 is 15.9 Å². The van der Waals surface area contributed by atoms with Crippen LogP contribution in [0, 0.1) is 5.92 Å². The van der Waals surface area contributed by atoms with Crippen molar-refractivity contribution in [2.45, 2.75) is 0 Å². The maximum atomic E-state index is 11.2. The van der Waals surface area contributed by atoms with Crippen molar-refractivity contribution >= 4 is 40.1 Å². The molecule has 0 radical (unpaired) electrons. The third-order valence-corrected chi connectivity index (χ3v) is 2.22. The minimum Gasteiger partial charge on any atom is -0.271 e. The zero-order chi connectivity index (χ0) is 8.55. The van der Waals surface area contributed by atoms with Crippen LogP contribution in [0.1, 0.15) is 0 Å². The normalized spacial score (nSPS) is 26.4. The molecule has 5 heteroatoms. The Hall–Kier alpha value is -1.10. The average molecular weight is 226 g/mol. The van der Waals surface area contributed by atoms with E-state index in [1.54, 1.807) is 12.4 Å². The molecule has 2 aliphatic heterocycles. The number of fused-ring (bicyclic) bond motifs is 1. The molecule has 0 spiro atoms. The fraction of sp³-hybridized carbons (Fsp3) is 0.143. The SMILES string of the molecule is O=C1N=CN=C2C(Br)=CN=CC12. The van der Waals surface area contributed by atoms with E-state index < -0.39 is 5.92 Å². The zero-order valence-corrected chi connectivity index (χ0v) is 7.52. The summed E-state index contributed by atoms with van der Waals surface area (Å²) in [5.74, 6) is -0.608. The minimum atomic E-state index is -0.394. The van der Waals surface area contributed by atoms with E-state index in [0.717, 1.165) is 4.48 Å². The van der Waals surface area contributed by atoms with Gasteiger partial charge in [0.15, 0.2) is 0 Å². The fourth-order valence-corrected chi connectivity index (χ4v) is 1.50. The maximum Gasteiger partial charge on any atom is 0.261 e. The van der Waals surface area contributed by atoms with E-state index in [0.29, 0.717) is 5.71 Å². The van der Waals surface area contributed by atoms with Crippen LogP contribution in [0.15, 0.2) is 25.7 Å². The van der Waals surface area contributed by atoms with E-state index in [4.69, 9.17) is 0 Å². The Morgan fingerprint density at radius 2 is 2.33 bits per heavy atom. The Morgan fingerprint density at radius 1 is 1.50 bits per heavy atom. The first-order valence-corrected chi connectivity index (χ1v) is 4.12. The number of aliphatic imine (C=N–C) groups is 3. The second-order valence-corrected chi connectivity index (χ2v) is 3.20. The van der Waals surface area contributed by atoms with Gasteiger partial charge in [-0.1, -0.05) is 0 Å². The quantitative estimate of drug-likeness (QED) is 0.606. The molecule has 0 aromatic heterocycles. The summed E-state index contributed by atoms with van der Waals surface area (Å²) in [6.45, 7) is 0. The predicted molar refractivity (Wildman–Crippen MR) is 49.9 cm³/mol. The summed E-state index contributed by atoms with van der Waals surface area (Å²) in [5.41, 5.74) is 0.685. The lowest BCUT2D eigenvalue weighted by atomic mass is 10.0. The molecule has 0 fully saturated rings. The number of amides is 1. The number of hydrogen-bond donors (Lipinski definition) is 0. The van der Waals surface area contributed by atoms with Gasteiger partial charge in [-0.3, -0.25) is 9.79 Å². The summed E-state index contributed by atoms with van der Waals surface area (Å²) >= 11 is 3.26. The summed E-state index contributed by atoms with van der Waals surface area (Å²) in [6.07, 6.45) is 4.42. The Morgan fingerprint density at radius 3 is 3.08 bits per heavy atom. The van der Waals surface area contributed by atoms with Crippen LogP contribution in [-0.2, 0) is 4.79 Å². The highest BCUT2D eigenvalue weighted by molar-refractivity contribution is 9.12. The Labute approximate surface area is 76.9 Å². The highest BCUT2D eigenvalue weighted by atomic mass is 79.9. The lowest BCUT2D eigenvalue weighted by Gasteiger charge is -2.15. The second-order valence-electron chi connectivity index (χ2n) is 2.35. The van der Waals surface area contributed by atoms with Gasteiger partial charge in [0.2, 0.25) is 0 Å². The summed E-state index contributed by atoms with van der Waals surface area (Å²) in [4.78, 5) is 22.6. The first-order valence-electron chi connectivity index (χ1n) is 3.32. The van der Waals surface area contributed by atoms with Crippen LogP contribution in [0.25, 0.3) is 0 Å². The van der Waals surface area contributed by atoms with Crippen molar-refractivity contribution in [3.8, 4) is 0 Å². The average Bonchev–Trinajstić information content (AvgIpc) is 2.07. The summed E-state index contributed by atoms with van der Waals surface area (Å²) < 4.78 is 0.745. The molecule has 0 aliphatic carbocycles. The Bertz CT molecular complexity index is 354. The fourth-order valence-electron chi connectivity index (χ4n) is 1.03. The van der Waals surface area contributed by atoms with Crippen molar-refractivity contribution in [3.05, 3.63) is 10.7 Å². The number of carbonyl (C=O) groups excluding carboxylic acids is 1. The Kier molecular flexibility index (Phi) is 1.73. The van der Waals surface area contributed by atoms with Crippen molar-refractivity contribution in [1.29, 1.82) is 0 Å². The van der Waals surface area contributed by atoms with Gasteiger partial charge in [-0.05, 0) is 15.9 Å². The molecule has 0 saturated heterocycles. The standard InChI is InChI=1S/C7H4BrN3O/c8-5-2-9-1-4-6(5)10-3-11-7(4)12/h1-4H. The van der Waals surface area contributed by atoms with Gasteiger partial charge in [0, 0.05) is 12.4 Å². The summed E-state index contributed by atoms with van der Waals surface area (Å²) in [6, 6.07) is 0. The monoisotopic (exact) mass is 225 g/mol. The van der Waals surface area contributed by atoms with E-state index in [-0.39, 0.29) is 5.91 Å². The zero-order valence-electron chi connectivity index (χ0n) is 5.94. The third-order valence-electron chi connectivity index (χ3n) is 1.61. The molecule has 0 N–H and O–H groups in total. The largest absolute Gasteiger partial charge is 0.271 e. The number of nitrogens with zero attached hydrogens (tertiary/aromatic N) is 3. The highest BCUT2D eigenvalue weighted by Gasteiger charge is 2.27. The Balaban J connectivity index is 2.47. The smallest absolute Gasteiger partial charge is 0.261 e. The van der Waals surface area contributed by atoms with Crippen molar-refractivity contribution < 1.29 is 4.79 Å². The van der Waals surface area contributed by atoms with Crippen LogP contribution in [0.3, 0.4) is 0 Å². The molecule has 0 bridgehead atoms. The molecule has 0 aromatic rings. The van der Waals surface area contributed by atoms with Gasteiger partial charge in [-0.15, -0.1) is 0 Å². The molecule has 0 saturated carbocycles. The first kappa shape index (κ1) is 7.54. The van der Waals surface area contributed by atoms with Crippen molar-refractivity contribution in [2.24, 2.45) is 20.9 Å². The first-order chi connectivity index (χ1) is 5.79. The second kappa shape index (κ2) is 2.75. The van der Waals surface area contributed by atoms with Gasteiger partial charge in [-0.2, -0.15) is 0 Å². The lowest BCUT2D eigenvalue weighted by molar-refractivity contribution is -0.118. The van der Waals surface area contributed by atoms with E-state index >= 15 is 0 Å². The van der Waals surface area contributed by atoms with E-state index in [1.165, 1.54) is 6.34 Å². The van der Waals surface area contributed by atoms with Crippen LogP contribution in [0.2, 0.25) is 0 Å². The molecule has 0 aromatic carbocycles.